The number of halogens is 1. The molecule has 1 amide bonds. The Morgan fingerprint density at radius 2 is 2.14 bits per heavy atom. The third kappa shape index (κ3) is 3.95. The molecule has 0 spiro atoms. The number of nitriles is 1. The third-order valence-electron chi connectivity index (χ3n) is 5.14. The molecule has 2 aliphatic heterocycles. The number of nitrogens with zero attached hydrogens (tertiary/aromatic N) is 3. The molecule has 1 N–H and O–H groups in total. The number of esters is 1. The number of amides is 1. The van der Waals surface area contributed by atoms with Crippen LogP contribution in [0.3, 0.4) is 0 Å². The zero-order valence-corrected chi connectivity index (χ0v) is 16.4. The molecule has 3 rings (SSSR count). The van der Waals surface area contributed by atoms with Crippen molar-refractivity contribution in [3.8, 4) is 6.07 Å². The van der Waals surface area contributed by atoms with Gasteiger partial charge in [0.25, 0.3) is 0 Å². The lowest BCUT2D eigenvalue weighted by Gasteiger charge is -2.31. The predicted octanol–water partition coefficient (Wildman–Crippen LogP) is 3.04. The van der Waals surface area contributed by atoms with E-state index < -0.39 is 28.6 Å². The lowest BCUT2D eigenvalue weighted by molar-refractivity contribution is -0.138. The predicted molar refractivity (Wildman–Crippen MR) is 102 cm³/mol. The van der Waals surface area contributed by atoms with E-state index in [4.69, 9.17) is 9.47 Å². The lowest BCUT2D eigenvalue weighted by Crippen LogP contribution is -2.47. The van der Waals surface area contributed by atoms with Gasteiger partial charge in [0, 0.05) is 25.2 Å². The number of piperidine rings is 1. The van der Waals surface area contributed by atoms with Gasteiger partial charge in [-0.3, -0.25) is 0 Å². The van der Waals surface area contributed by atoms with E-state index in [1.807, 2.05) is 6.07 Å². The van der Waals surface area contributed by atoms with Crippen molar-refractivity contribution in [2.24, 2.45) is 0 Å². The Hall–Kier alpha value is -2.96. The molecular weight excluding hydrogens is 381 g/mol. The summed E-state index contributed by atoms with van der Waals surface area (Å²) >= 11 is 0. The van der Waals surface area contributed by atoms with Gasteiger partial charge in [-0.15, -0.1) is 0 Å². The van der Waals surface area contributed by atoms with Crippen molar-refractivity contribution in [1.82, 2.24) is 4.65 Å². The van der Waals surface area contributed by atoms with Crippen LogP contribution in [-0.2, 0) is 14.3 Å². The highest BCUT2D eigenvalue weighted by atomic mass is 19.1. The number of cyclic esters (lactones) is 1. The number of anilines is 1. The second kappa shape index (κ2) is 8.19. The van der Waals surface area contributed by atoms with Gasteiger partial charge in [-0.1, -0.05) is 0 Å². The van der Waals surface area contributed by atoms with Crippen LogP contribution in [0.1, 0.15) is 26.7 Å². The molecule has 1 unspecified atom stereocenters. The maximum atomic E-state index is 14.8. The van der Waals surface area contributed by atoms with E-state index in [1.54, 1.807) is 18.7 Å². The number of hydrogen-bond donors (Lipinski definition) is 1. The van der Waals surface area contributed by atoms with E-state index in [2.05, 4.69) is 0 Å². The summed E-state index contributed by atoms with van der Waals surface area (Å²) in [4.78, 5) is 25.6. The Labute approximate surface area is 167 Å². The highest BCUT2D eigenvalue weighted by Gasteiger charge is 2.50. The average Bonchev–Trinajstić information content (AvgIpc) is 2.96. The first-order chi connectivity index (χ1) is 13.8. The minimum atomic E-state index is -1.09. The monoisotopic (exact) mass is 404 g/mol. The number of hydrogen-bond acceptors (Lipinski definition) is 7. The van der Waals surface area contributed by atoms with Gasteiger partial charge in [0.1, 0.15) is 11.6 Å². The molecular formula is C20H23FN3O5+. The van der Waals surface area contributed by atoms with E-state index in [9.17, 15) is 24.4 Å². The van der Waals surface area contributed by atoms with E-state index >= 15 is 0 Å². The zero-order chi connectivity index (χ0) is 21.2. The van der Waals surface area contributed by atoms with E-state index in [1.165, 1.54) is 12.1 Å². The summed E-state index contributed by atoms with van der Waals surface area (Å²) in [6.45, 7) is 4.39. The second-order valence-electron chi connectivity index (χ2n) is 7.08. The first-order valence-electron chi connectivity index (χ1n) is 9.46. The van der Waals surface area contributed by atoms with Crippen molar-refractivity contribution in [2.75, 3.05) is 31.1 Å². The molecule has 1 aromatic carbocycles. The van der Waals surface area contributed by atoms with Crippen molar-refractivity contribution in [3.63, 3.8) is 0 Å². The molecule has 0 aliphatic carbocycles. The average molecular weight is 404 g/mol. The Morgan fingerprint density at radius 3 is 2.66 bits per heavy atom. The van der Waals surface area contributed by atoms with Crippen molar-refractivity contribution in [3.05, 3.63) is 35.2 Å². The quantitative estimate of drug-likeness (QED) is 0.271. The fraction of sp³-hybridized carbons (Fsp3) is 0.450. The van der Waals surface area contributed by atoms with Crippen molar-refractivity contribution in [2.45, 2.75) is 32.8 Å². The summed E-state index contributed by atoms with van der Waals surface area (Å²) in [5.74, 6) is -1.20. The minimum absolute atomic E-state index is 0.0142. The van der Waals surface area contributed by atoms with E-state index in [-0.39, 0.29) is 24.4 Å². The van der Waals surface area contributed by atoms with Gasteiger partial charge in [0.15, 0.2) is 24.2 Å². The molecule has 2 aliphatic rings. The number of ether oxygens (including phenoxy) is 2. The van der Waals surface area contributed by atoms with Gasteiger partial charge in [-0.2, -0.15) is 10.1 Å². The Bertz CT molecular complexity index is 900. The topological polar surface area (TPSA) is 99.9 Å². The molecule has 1 aromatic rings. The number of hydroxylamine groups is 2. The largest absolute Gasteiger partial charge is 0.555 e. The summed E-state index contributed by atoms with van der Waals surface area (Å²) in [5.41, 5.74) is 1.16. The number of quaternary nitrogens is 1. The molecule has 2 saturated heterocycles. The summed E-state index contributed by atoms with van der Waals surface area (Å²) in [7, 11) is 0. The van der Waals surface area contributed by atoms with Crippen LogP contribution in [0.2, 0.25) is 0 Å². The summed E-state index contributed by atoms with van der Waals surface area (Å²) in [6, 6.07) is 6.07. The summed E-state index contributed by atoms with van der Waals surface area (Å²) in [6.07, 6.45) is -0.420. The maximum absolute atomic E-state index is 14.8. The second-order valence-corrected chi connectivity index (χ2v) is 7.08. The van der Waals surface area contributed by atoms with Crippen molar-refractivity contribution in [1.29, 1.82) is 5.26 Å². The Balaban J connectivity index is 1.76. The molecule has 2 heterocycles. The number of rotatable bonds is 4. The Kier molecular flexibility index (Phi) is 5.86. The number of carbonyl (C=O) groups excluding carboxylic acids is 2. The molecule has 29 heavy (non-hydrogen) atoms. The van der Waals surface area contributed by atoms with Crippen LogP contribution in [0, 0.1) is 17.1 Å². The van der Waals surface area contributed by atoms with Crippen LogP contribution in [0.25, 0.3) is 0 Å². The first-order valence-corrected chi connectivity index (χ1v) is 9.46. The molecule has 0 radical (unpaired) electrons. The molecule has 2 atom stereocenters. The van der Waals surface area contributed by atoms with Crippen molar-refractivity contribution < 1.29 is 28.7 Å². The van der Waals surface area contributed by atoms with Crippen LogP contribution >= 0.6 is 0 Å². The zero-order valence-electron chi connectivity index (χ0n) is 16.4. The number of carbonyl (C=O) groups is 2. The Morgan fingerprint density at radius 1 is 1.45 bits per heavy atom. The molecule has 0 bridgehead atoms. The van der Waals surface area contributed by atoms with Crippen LogP contribution < -0.4 is 9.55 Å². The molecule has 0 aromatic heterocycles. The van der Waals surface area contributed by atoms with Crippen LogP contribution in [0.15, 0.2) is 29.3 Å². The van der Waals surface area contributed by atoms with Crippen LogP contribution in [0.4, 0.5) is 20.6 Å². The van der Waals surface area contributed by atoms with Crippen molar-refractivity contribution >= 4 is 23.4 Å². The molecule has 2 fully saturated rings. The van der Waals surface area contributed by atoms with Crippen LogP contribution in [-0.4, -0.2) is 49.6 Å². The smallest absolute Gasteiger partial charge is 0.462 e. The van der Waals surface area contributed by atoms with E-state index in [0.717, 1.165) is 6.07 Å². The first kappa shape index (κ1) is 20.8. The summed E-state index contributed by atoms with van der Waals surface area (Å²) < 4.78 is 23.6. The normalized spacial score (nSPS) is 24.1. The van der Waals surface area contributed by atoms with E-state index in [0.29, 0.717) is 37.2 Å². The molecule has 154 valence electrons. The van der Waals surface area contributed by atoms with Gasteiger partial charge < -0.3 is 14.4 Å². The molecule has 0 saturated carbocycles. The fourth-order valence-corrected chi connectivity index (χ4v) is 3.68. The highest BCUT2D eigenvalue weighted by Crippen LogP contribution is 2.33. The number of benzene rings is 1. The summed E-state index contributed by atoms with van der Waals surface area (Å²) in [5, 5.41) is 19.8. The maximum Gasteiger partial charge on any atom is 0.555 e. The van der Waals surface area contributed by atoms with Gasteiger partial charge in [0.2, 0.25) is 0 Å². The third-order valence-corrected chi connectivity index (χ3v) is 5.14. The van der Waals surface area contributed by atoms with Gasteiger partial charge in [-0.05, 0) is 43.0 Å². The standard InChI is InChI=1S/C20H23FN3O5/c1-3-28-19(25)16(11-22)14-6-8-23(9-7-14)18-5-4-15(10-17(18)21)24(27)12-13(2)29-20(24)26/h4-5,10,13,27H,3,6-9,12H2,1-2H3/q+1/t13?,24-/m0/s1. The molecule has 9 heteroatoms. The minimum Gasteiger partial charge on any atom is -0.462 e. The van der Waals surface area contributed by atoms with Gasteiger partial charge in [-0.25, -0.2) is 14.4 Å². The highest BCUT2D eigenvalue weighted by molar-refractivity contribution is 5.93. The lowest BCUT2D eigenvalue weighted by atomic mass is 9.98. The van der Waals surface area contributed by atoms with Gasteiger partial charge in [0.05, 0.1) is 12.3 Å². The molecule has 8 nitrogen and oxygen atoms in total. The van der Waals surface area contributed by atoms with Gasteiger partial charge >= 0.3 is 12.1 Å². The SMILES string of the molecule is CCOC(=O)C(C#N)=C1CCN(c2ccc([N@@+]3(O)CC(C)OC3=O)cc2F)CC1. The fourth-order valence-electron chi connectivity index (χ4n) is 3.68. The van der Waals surface area contributed by atoms with Crippen LogP contribution in [0.5, 0.6) is 0 Å².